The van der Waals surface area contributed by atoms with Gasteiger partial charge in [-0.2, -0.15) is 0 Å². The second kappa shape index (κ2) is 3.91. The fourth-order valence-corrected chi connectivity index (χ4v) is 0.389. The normalized spacial score (nSPS) is 15.3. The molecule has 0 amide bonds. The van der Waals surface area contributed by atoms with Crippen LogP contribution in [0.15, 0.2) is 0 Å². The van der Waals surface area contributed by atoms with E-state index in [4.69, 9.17) is 9.47 Å². The van der Waals surface area contributed by atoms with E-state index in [2.05, 4.69) is 0 Å². The number of aliphatic hydroxyl groups is 1. The highest BCUT2D eigenvalue weighted by atomic mass is 16.7. The molecule has 3 heteroatoms. The topological polar surface area (TPSA) is 38.7 Å². The summed E-state index contributed by atoms with van der Waals surface area (Å²) < 4.78 is 9.90. The molecule has 1 atom stereocenters. The first-order valence-corrected chi connectivity index (χ1v) is 3.32. The minimum absolute atomic E-state index is 0.244. The van der Waals surface area contributed by atoms with E-state index in [1.165, 1.54) is 0 Å². The fraction of sp³-hybridized carbons (Fsp3) is 1.00. The van der Waals surface area contributed by atoms with Crippen LogP contribution in [0.5, 0.6) is 0 Å². The number of ether oxygens (including phenoxy) is 2. The molecule has 62 valence electrons. The molecule has 1 unspecified atom stereocenters. The van der Waals surface area contributed by atoms with Gasteiger partial charge in [0.05, 0.1) is 12.2 Å². The van der Waals surface area contributed by atoms with Crippen molar-refractivity contribution in [2.75, 3.05) is 13.7 Å². The van der Waals surface area contributed by atoms with Gasteiger partial charge in [0.25, 0.3) is 0 Å². The predicted molar refractivity (Wildman–Crippen MR) is 38.7 cm³/mol. The quantitative estimate of drug-likeness (QED) is 0.598. The molecule has 3 nitrogen and oxygen atoms in total. The van der Waals surface area contributed by atoms with E-state index in [0.29, 0.717) is 6.61 Å². The van der Waals surface area contributed by atoms with Crippen molar-refractivity contribution in [1.29, 1.82) is 0 Å². The SMILES string of the molecule is COC(C)OCC(C)(C)O. The van der Waals surface area contributed by atoms with Crippen LogP contribution in [0.4, 0.5) is 0 Å². The summed E-state index contributed by atoms with van der Waals surface area (Å²) in [6, 6.07) is 0. The van der Waals surface area contributed by atoms with Gasteiger partial charge >= 0.3 is 0 Å². The van der Waals surface area contributed by atoms with Crippen molar-refractivity contribution in [3.63, 3.8) is 0 Å². The van der Waals surface area contributed by atoms with Crippen LogP contribution in [-0.2, 0) is 9.47 Å². The Hall–Kier alpha value is -0.120. The monoisotopic (exact) mass is 148 g/mol. The van der Waals surface area contributed by atoms with Gasteiger partial charge in [-0.05, 0) is 20.8 Å². The van der Waals surface area contributed by atoms with Crippen LogP contribution >= 0.6 is 0 Å². The number of methoxy groups -OCH3 is 1. The minimum atomic E-state index is -0.771. The smallest absolute Gasteiger partial charge is 0.154 e. The van der Waals surface area contributed by atoms with Crippen LogP contribution in [0.2, 0.25) is 0 Å². The Bertz CT molecular complexity index is 85.3. The summed E-state index contributed by atoms with van der Waals surface area (Å²) in [4.78, 5) is 0. The van der Waals surface area contributed by atoms with Crippen molar-refractivity contribution in [2.24, 2.45) is 0 Å². The van der Waals surface area contributed by atoms with E-state index in [0.717, 1.165) is 0 Å². The summed E-state index contributed by atoms with van der Waals surface area (Å²) >= 11 is 0. The highest BCUT2D eigenvalue weighted by molar-refractivity contribution is 4.62. The second-order valence-corrected chi connectivity index (χ2v) is 2.93. The number of hydrogen-bond donors (Lipinski definition) is 1. The third-order valence-corrected chi connectivity index (χ3v) is 1.00. The maximum Gasteiger partial charge on any atom is 0.154 e. The maximum atomic E-state index is 9.18. The Labute approximate surface area is 62.0 Å². The molecule has 0 saturated carbocycles. The molecule has 0 aliphatic rings. The zero-order valence-electron chi connectivity index (χ0n) is 7.05. The molecular formula is C7H16O3. The number of rotatable bonds is 4. The summed E-state index contributed by atoms with van der Waals surface area (Å²) in [5, 5.41) is 9.18. The molecule has 0 radical (unpaired) electrons. The summed E-state index contributed by atoms with van der Waals surface area (Å²) in [5.74, 6) is 0. The summed E-state index contributed by atoms with van der Waals surface area (Å²) in [6.45, 7) is 5.46. The van der Waals surface area contributed by atoms with Crippen molar-refractivity contribution in [1.82, 2.24) is 0 Å². The van der Waals surface area contributed by atoms with Gasteiger partial charge in [-0.25, -0.2) is 0 Å². The van der Waals surface area contributed by atoms with E-state index in [1.807, 2.05) is 0 Å². The third kappa shape index (κ3) is 6.01. The maximum absolute atomic E-state index is 9.18. The van der Waals surface area contributed by atoms with Crippen molar-refractivity contribution >= 4 is 0 Å². The van der Waals surface area contributed by atoms with Crippen LogP contribution in [0.25, 0.3) is 0 Å². The average Bonchev–Trinajstić information content (AvgIpc) is 1.81. The Morgan fingerprint density at radius 1 is 1.50 bits per heavy atom. The molecule has 0 rings (SSSR count). The van der Waals surface area contributed by atoms with E-state index in [1.54, 1.807) is 27.9 Å². The van der Waals surface area contributed by atoms with Crippen LogP contribution in [-0.4, -0.2) is 30.7 Å². The Morgan fingerprint density at radius 2 is 2.00 bits per heavy atom. The molecule has 0 saturated heterocycles. The molecule has 0 fully saturated rings. The zero-order chi connectivity index (χ0) is 8.20. The predicted octanol–water partition coefficient (Wildman–Crippen LogP) is 0.766. The van der Waals surface area contributed by atoms with Gasteiger partial charge in [0.2, 0.25) is 0 Å². The molecule has 0 aromatic heterocycles. The molecule has 0 aromatic rings. The Kier molecular flexibility index (Phi) is 3.86. The molecule has 0 aliphatic heterocycles. The fourth-order valence-electron chi connectivity index (χ4n) is 0.389. The molecule has 0 spiro atoms. The van der Waals surface area contributed by atoms with Crippen LogP contribution in [0, 0.1) is 0 Å². The van der Waals surface area contributed by atoms with E-state index in [-0.39, 0.29) is 6.29 Å². The van der Waals surface area contributed by atoms with Crippen molar-refractivity contribution < 1.29 is 14.6 Å². The lowest BCUT2D eigenvalue weighted by Crippen LogP contribution is -2.29. The largest absolute Gasteiger partial charge is 0.388 e. The minimum Gasteiger partial charge on any atom is -0.388 e. The van der Waals surface area contributed by atoms with Gasteiger partial charge in [-0.1, -0.05) is 0 Å². The zero-order valence-corrected chi connectivity index (χ0v) is 7.05. The standard InChI is InChI=1S/C7H16O3/c1-6(9-4)10-5-7(2,3)8/h6,8H,5H2,1-4H3. The third-order valence-electron chi connectivity index (χ3n) is 1.00. The van der Waals surface area contributed by atoms with E-state index >= 15 is 0 Å². The molecule has 0 aliphatic carbocycles. The van der Waals surface area contributed by atoms with Crippen LogP contribution in [0.3, 0.4) is 0 Å². The van der Waals surface area contributed by atoms with Gasteiger partial charge in [-0.15, -0.1) is 0 Å². The van der Waals surface area contributed by atoms with Crippen molar-refractivity contribution in [2.45, 2.75) is 32.7 Å². The second-order valence-electron chi connectivity index (χ2n) is 2.93. The Balaban J connectivity index is 3.36. The summed E-state index contributed by atoms with van der Waals surface area (Å²) in [6.07, 6.45) is -0.244. The van der Waals surface area contributed by atoms with Gasteiger partial charge in [0.15, 0.2) is 6.29 Å². The highest BCUT2D eigenvalue weighted by Crippen LogP contribution is 2.03. The highest BCUT2D eigenvalue weighted by Gasteiger charge is 2.13. The molecule has 0 aromatic carbocycles. The van der Waals surface area contributed by atoms with E-state index < -0.39 is 5.60 Å². The van der Waals surface area contributed by atoms with Gasteiger partial charge < -0.3 is 14.6 Å². The van der Waals surface area contributed by atoms with Crippen molar-refractivity contribution in [3.8, 4) is 0 Å². The van der Waals surface area contributed by atoms with Gasteiger partial charge in [-0.3, -0.25) is 0 Å². The van der Waals surface area contributed by atoms with Crippen LogP contribution in [0.1, 0.15) is 20.8 Å². The van der Waals surface area contributed by atoms with Crippen LogP contribution < -0.4 is 0 Å². The average molecular weight is 148 g/mol. The molecule has 0 heterocycles. The lowest BCUT2D eigenvalue weighted by atomic mass is 10.2. The first-order chi connectivity index (χ1) is 4.45. The molecule has 0 bridgehead atoms. The lowest BCUT2D eigenvalue weighted by molar-refractivity contribution is -0.146. The molecular weight excluding hydrogens is 132 g/mol. The Morgan fingerprint density at radius 3 is 2.30 bits per heavy atom. The summed E-state index contributed by atoms with van der Waals surface area (Å²) in [7, 11) is 1.56. The van der Waals surface area contributed by atoms with E-state index in [9.17, 15) is 5.11 Å². The first-order valence-electron chi connectivity index (χ1n) is 3.32. The van der Waals surface area contributed by atoms with Gasteiger partial charge in [0.1, 0.15) is 0 Å². The lowest BCUT2D eigenvalue weighted by Gasteiger charge is -2.19. The number of hydrogen-bond acceptors (Lipinski definition) is 3. The van der Waals surface area contributed by atoms with Gasteiger partial charge in [0, 0.05) is 7.11 Å². The van der Waals surface area contributed by atoms with Crippen molar-refractivity contribution in [3.05, 3.63) is 0 Å². The first kappa shape index (κ1) is 9.88. The summed E-state index contributed by atoms with van der Waals surface area (Å²) in [5.41, 5.74) is -0.771. The molecule has 10 heavy (non-hydrogen) atoms. The molecule has 1 N–H and O–H groups in total.